The van der Waals surface area contributed by atoms with Gasteiger partial charge < -0.3 is 15.7 Å². The number of carboxylic acids is 1. The van der Waals surface area contributed by atoms with E-state index >= 15 is 0 Å². The molecule has 0 saturated heterocycles. The summed E-state index contributed by atoms with van der Waals surface area (Å²) in [6, 6.07) is 0.0963. The largest absolute Gasteiger partial charge is 0.481 e. The first kappa shape index (κ1) is 15.8. The molecule has 1 fully saturated rings. The van der Waals surface area contributed by atoms with E-state index in [0.29, 0.717) is 13.0 Å². The molecule has 1 aliphatic rings. The third kappa shape index (κ3) is 6.45. The Balaban J connectivity index is 2.18. The normalized spacial score (nSPS) is 25.2. The predicted molar refractivity (Wildman–Crippen MR) is 74.0 cm³/mol. The molecule has 0 aromatic carbocycles. The van der Waals surface area contributed by atoms with E-state index in [2.05, 4.69) is 17.6 Å². The Labute approximate surface area is 115 Å². The SMILES string of the molecule is CC1CCCC(NC(=O)NCCC(C)C(=O)O)CC1. The van der Waals surface area contributed by atoms with Crippen molar-refractivity contribution in [2.45, 2.75) is 58.4 Å². The second-order valence-corrected chi connectivity index (χ2v) is 5.74. The highest BCUT2D eigenvalue weighted by Gasteiger charge is 2.18. The Kier molecular flexibility index (Phi) is 6.67. The fourth-order valence-corrected chi connectivity index (χ4v) is 2.39. The van der Waals surface area contributed by atoms with Gasteiger partial charge in [0.15, 0.2) is 0 Å². The maximum Gasteiger partial charge on any atom is 0.315 e. The Morgan fingerprint density at radius 2 is 2.00 bits per heavy atom. The van der Waals surface area contributed by atoms with Crippen LogP contribution in [0.1, 0.15) is 52.4 Å². The number of nitrogens with one attached hydrogen (secondary N) is 2. The zero-order valence-corrected chi connectivity index (χ0v) is 11.9. The molecule has 1 saturated carbocycles. The number of carbonyl (C=O) groups excluding carboxylic acids is 1. The summed E-state index contributed by atoms with van der Waals surface area (Å²) in [5.41, 5.74) is 0. The molecule has 0 spiro atoms. The first-order valence-electron chi connectivity index (χ1n) is 7.26. The summed E-state index contributed by atoms with van der Waals surface area (Å²) < 4.78 is 0. The average Bonchev–Trinajstić information content (AvgIpc) is 2.54. The van der Waals surface area contributed by atoms with Crippen LogP contribution in [-0.4, -0.2) is 29.7 Å². The maximum atomic E-state index is 11.7. The second kappa shape index (κ2) is 8.02. The van der Waals surface area contributed by atoms with Crippen molar-refractivity contribution in [3.05, 3.63) is 0 Å². The zero-order chi connectivity index (χ0) is 14.3. The molecule has 2 amide bonds. The zero-order valence-electron chi connectivity index (χ0n) is 11.9. The summed E-state index contributed by atoms with van der Waals surface area (Å²) in [5, 5.41) is 14.5. The monoisotopic (exact) mass is 270 g/mol. The van der Waals surface area contributed by atoms with Gasteiger partial charge in [0, 0.05) is 12.6 Å². The lowest BCUT2D eigenvalue weighted by Crippen LogP contribution is -2.42. The van der Waals surface area contributed by atoms with Crippen molar-refractivity contribution < 1.29 is 14.7 Å². The minimum absolute atomic E-state index is 0.169. The third-order valence-electron chi connectivity index (χ3n) is 3.88. The Morgan fingerprint density at radius 3 is 2.68 bits per heavy atom. The van der Waals surface area contributed by atoms with E-state index in [9.17, 15) is 9.59 Å². The van der Waals surface area contributed by atoms with E-state index in [1.807, 2.05) is 0 Å². The molecule has 3 N–H and O–H groups in total. The van der Waals surface area contributed by atoms with E-state index in [-0.39, 0.29) is 12.1 Å². The number of hydrogen-bond acceptors (Lipinski definition) is 2. The molecule has 3 atom stereocenters. The van der Waals surface area contributed by atoms with Crippen LogP contribution in [0.3, 0.4) is 0 Å². The van der Waals surface area contributed by atoms with Gasteiger partial charge in [0.1, 0.15) is 0 Å². The van der Waals surface area contributed by atoms with Crippen LogP contribution in [0, 0.1) is 11.8 Å². The van der Waals surface area contributed by atoms with Crippen LogP contribution in [0.25, 0.3) is 0 Å². The van der Waals surface area contributed by atoms with Crippen LogP contribution < -0.4 is 10.6 Å². The molecule has 5 nitrogen and oxygen atoms in total. The molecule has 5 heteroatoms. The van der Waals surface area contributed by atoms with E-state index < -0.39 is 11.9 Å². The Bertz CT molecular complexity index is 307. The van der Waals surface area contributed by atoms with E-state index in [0.717, 1.165) is 18.8 Å². The number of carbonyl (C=O) groups is 2. The van der Waals surface area contributed by atoms with Gasteiger partial charge in [-0.2, -0.15) is 0 Å². The van der Waals surface area contributed by atoms with Gasteiger partial charge in [-0.1, -0.05) is 26.7 Å². The highest BCUT2D eigenvalue weighted by Crippen LogP contribution is 2.22. The fourth-order valence-electron chi connectivity index (χ4n) is 2.39. The molecule has 1 rings (SSSR count). The summed E-state index contributed by atoms with van der Waals surface area (Å²) in [5.74, 6) is -0.481. The number of aliphatic carboxylic acids is 1. The second-order valence-electron chi connectivity index (χ2n) is 5.74. The molecule has 0 aromatic rings. The average molecular weight is 270 g/mol. The molecule has 19 heavy (non-hydrogen) atoms. The third-order valence-corrected chi connectivity index (χ3v) is 3.88. The molecular weight excluding hydrogens is 244 g/mol. The Hall–Kier alpha value is -1.26. The lowest BCUT2D eigenvalue weighted by Gasteiger charge is -2.17. The highest BCUT2D eigenvalue weighted by molar-refractivity contribution is 5.74. The first-order valence-corrected chi connectivity index (χ1v) is 7.26. The fraction of sp³-hybridized carbons (Fsp3) is 0.857. The summed E-state index contributed by atoms with van der Waals surface area (Å²) >= 11 is 0. The van der Waals surface area contributed by atoms with E-state index in [1.54, 1.807) is 6.92 Å². The van der Waals surface area contributed by atoms with Gasteiger partial charge in [-0.15, -0.1) is 0 Å². The molecule has 0 aliphatic heterocycles. The van der Waals surface area contributed by atoms with Crippen molar-refractivity contribution >= 4 is 12.0 Å². The van der Waals surface area contributed by atoms with Crippen LogP contribution in [0.5, 0.6) is 0 Å². The van der Waals surface area contributed by atoms with Crippen molar-refractivity contribution in [3.63, 3.8) is 0 Å². The summed E-state index contributed by atoms with van der Waals surface area (Å²) in [6.07, 6.45) is 6.13. The molecule has 3 unspecified atom stereocenters. The quantitative estimate of drug-likeness (QED) is 0.671. The smallest absolute Gasteiger partial charge is 0.315 e. The summed E-state index contributed by atoms with van der Waals surface area (Å²) in [6.45, 7) is 4.31. The minimum atomic E-state index is -0.819. The van der Waals surface area contributed by atoms with E-state index in [1.165, 1.54) is 19.3 Å². The number of hydrogen-bond donors (Lipinski definition) is 3. The number of amides is 2. The lowest BCUT2D eigenvalue weighted by molar-refractivity contribution is -0.141. The molecular formula is C14H26N2O3. The van der Waals surface area contributed by atoms with E-state index in [4.69, 9.17) is 5.11 Å². The molecule has 110 valence electrons. The highest BCUT2D eigenvalue weighted by atomic mass is 16.4. The van der Waals surface area contributed by atoms with Gasteiger partial charge in [0.2, 0.25) is 0 Å². The van der Waals surface area contributed by atoms with Gasteiger partial charge in [0.05, 0.1) is 5.92 Å². The predicted octanol–water partition coefficient (Wildman–Crippen LogP) is 2.37. The number of carboxylic acid groups (broad SMARTS) is 1. The maximum absolute atomic E-state index is 11.7. The van der Waals surface area contributed by atoms with Gasteiger partial charge in [0.25, 0.3) is 0 Å². The van der Waals surface area contributed by atoms with Gasteiger partial charge in [-0.3, -0.25) is 4.79 Å². The lowest BCUT2D eigenvalue weighted by atomic mass is 10.0. The van der Waals surface area contributed by atoms with Crippen molar-refractivity contribution in [2.75, 3.05) is 6.54 Å². The van der Waals surface area contributed by atoms with Crippen LogP contribution in [0.15, 0.2) is 0 Å². The molecule has 0 aromatic heterocycles. The van der Waals surface area contributed by atoms with Crippen LogP contribution in [0.2, 0.25) is 0 Å². The summed E-state index contributed by atoms with van der Waals surface area (Å²) in [4.78, 5) is 22.3. The van der Waals surface area contributed by atoms with Gasteiger partial charge in [-0.05, 0) is 31.6 Å². The van der Waals surface area contributed by atoms with Crippen LogP contribution >= 0.6 is 0 Å². The molecule has 0 bridgehead atoms. The van der Waals surface area contributed by atoms with Crippen molar-refractivity contribution in [1.29, 1.82) is 0 Å². The minimum Gasteiger partial charge on any atom is -0.481 e. The first-order chi connectivity index (χ1) is 8.99. The van der Waals surface area contributed by atoms with Gasteiger partial charge >= 0.3 is 12.0 Å². The van der Waals surface area contributed by atoms with Crippen LogP contribution in [-0.2, 0) is 4.79 Å². The summed E-state index contributed by atoms with van der Waals surface area (Å²) in [7, 11) is 0. The van der Waals surface area contributed by atoms with Crippen LogP contribution in [0.4, 0.5) is 4.79 Å². The van der Waals surface area contributed by atoms with Crippen molar-refractivity contribution in [2.24, 2.45) is 11.8 Å². The van der Waals surface area contributed by atoms with Crippen molar-refractivity contribution in [3.8, 4) is 0 Å². The topological polar surface area (TPSA) is 78.4 Å². The number of rotatable bonds is 5. The molecule has 0 heterocycles. The van der Waals surface area contributed by atoms with Crippen molar-refractivity contribution in [1.82, 2.24) is 10.6 Å². The molecule has 0 radical (unpaired) electrons. The molecule has 1 aliphatic carbocycles. The van der Waals surface area contributed by atoms with Gasteiger partial charge in [-0.25, -0.2) is 4.79 Å². The number of urea groups is 1. The Morgan fingerprint density at radius 1 is 1.26 bits per heavy atom. The standard InChI is InChI=1S/C14H26N2O3/c1-10-4-3-5-12(7-6-10)16-14(19)15-9-8-11(2)13(17)18/h10-12H,3-9H2,1-2H3,(H,17,18)(H2,15,16,19).